The quantitative estimate of drug-likeness (QED) is 0.688. The van der Waals surface area contributed by atoms with Gasteiger partial charge in [-0.25, -0.2) is 5.32 Å². The van der Waals surface area contributed by atoms with E-state index in [0.717, 1.165) is 5.69 Å². The van der Waals surface area contributed by atoms with E-state index in [0.29, 0.717) is 0 Å². The van der Waals surface area contributed by atoms with E-state index >= 15 is 0 Å². The van der Waals surface area contributed by atoms with E-state index in [4.69, 9.17) is 0 Å². The van der Waals surface area contributed by atoms with E-state index < -0.39 is 0 Å². The van der Waals surface area contributed by atoms with Crippen LogP contribution in [0.25, 0.3) is 0 Å². The molecule has 0 amide bonds. The van der Waals surface area contributed by atoms with Gasteiger partial charge >= 0.3 is 0 Å². The van der Waals surface area contributed by atoms with Gasteiger partial charge in [0.25, 0.3) is 0 Å². The average Bonchev–Trinajstić information content (AvgIpc) is 2.33. The average molecular weight is 212 g/mol. The fraction of sp³-hybridized carbons (Fsp3) is 0.286. The summed E-state index contributed by atoms with van der Waals surface area (Å²) in [6.07, 6.45) is 8.36. The highest BCUT2D eigenvalue weighted by molar-refractivity contribution is 5.40. The first-order valence-electron chi connectivity index (χ1n) is 5.51. The van der Waals surface area contributed by atoms with Gasteiger partial charge in [-0.15, -0.1) is 0 Å². The summed E-state index contributed by atoms with van der Waals surface area (Å²) < 4.78 is 0. The molecular formula is C14H16N2. The minimum atomic E-state index is 0.153. The van der Waals surface area contributed by atoms with Gasteiger partial charge in [0.2, 0.25) is 0 Å². The van der Waals surface area contributed by atoms with E-state index in [1.54, 1.807) is 0 Å². The van der Waals surface area contributed by atoms with Crippen LogP contribution < -0.4 is 10.6 Å². The molecule has 1 aliphatic carbocycles. The van der Waals surface area contributed by atoms with Crippen molar-refractivity contribution in [2.45, 2.75) is 19.0 Å². The van der Waals surface area contributed by atoms with Gasteiger partial charge in [-0.05, 0) is 19.1 Å². The summed E-state index contributed by atoms with van der Waals surface area (Å²) in [6, 6.07) is 8.64. The molecule has 16 heavy (non-hydrogen) atoms. The van der Waals surface area contributed by atoms with Crippen LogP contribution >= 0.6 is 0 Å². The molecule has 82 valence electrons. The van der Waals surface area contributed by atoms with E-state index in [2.05, 4.69) is 54.0 Å². The summed E-state index contributed by atoms with van der Waals surface area (Å²) in [6.45, 7) is 2.08. The smallest absolute Gasteiger partial charge is 0.0869 e. The van der Waals surface area contributed by atoms with E-state index in [-0.39, 0.29) is 12.1 Å². The molecule has 1 aliphatic rings. The van der Waals surface area contributed by atoms with Gasteiger partial charge in [-0.1, -0.05) is 42.0 Å². The van der Waals surface area contributed by atoms with Gasteiger partial charge in [-0.2, -0.15) is 0 Å². The fourth-order valence-corrected chi connectivity index (χ4v) is 1.64. The molecule has 0 atom stereocenters. The first-order chi connectivity index (χ1) is 7.78. The Labute approximate surface area is 97.1 Å². The topological polar surface area (TPSA) is 28.2 Å². The minimum absolute atomic E-state index is 0.153. The molecule has 2 heteroatoms. The molecule has 2 nitrogen and oxygen atoms in total. The van der Waals surface area contributed by atoms with Crippen LogP contribution in [0, 0.1) is 6.92 Å². The van der Waals surface area contributed by atoms with Crippen molar-refractivity contribution < 1.29 is 0 Å². The van der Waals surface area contributed by atoms with Gasteiger partial charge in [0.15, 0.2) is 0 Å². The molecule has 0 spiro atoms. The van der Waals surface area contributed by atoms with Crippen molar-refractivity contribution in [3.63, 3.8) is 0 Å². The van der Waals surface area contributed by atoms with Crippen molar-refractivity contribution >= 4 is 5.69 Å². The Balaban J connectivity index is 1.97. The highest BCUT2D eigenvalue weighted by Gasteiger charge is 2.09. The summed E-state index contributed by atoms with van der Waals surface area (Å²) in [7, 11) is 1.83. The lowest BCUT2D eigenvalue weighted by atomic mass is 10.1. The lowest BCUT2D eigenvalue weighted by Crippen LogP contribution is -2.21. The Morgan fingerprint density at radius 3 is 2.00 bits per heavy atom. The Morgan fingerprint density at radius 1 is 0.875 bits per heavy atom. The summed E-state index contributed by atoms with van der Waals surface area (Å²) in [5.41, 5.74) is 2.29. The number of aryl methyl sites for hydroxylation is 1. The van der Waals surface area contributed by atoms with Gasteiger partial charge in [-0.3, -0.25) is 5.32 Å². The van der Waals surface area contributed by atoms with Gasteiger partial charge in [0, 0.05) is 7.05 Å². The Bertz CT molecular complexity index is 376. The number of hydrogen-bond donors (Lipinski definition) is 0. The van der Waals surface area contributed by atoms with Crippen molar-refractivity contribution in [1.29, 1.82) is 0 Å². The lowest BCUT2D eigenvalue weighted by Gasteiger charge is -2.15. The third-order valence-electron chi connectivity index (χ3n) is 2.64. The summed E-state index contributed by atoms with van der Waals surface area (Å²) >= 11 is 0. The van der Waals surface area contributed by atoms with Crippen molar-refractivity contribution in [2.24, 2.45) is 0 Å². The van der Waals surface area contributed by atoms with Crippen LogP contribution in [0.1, 0.15) is 5.56 Å². The molecule has 0 saturated carbocycles. The molecule has 2 rings (SSSR count). The van der Waals surface area contributed by atoms with Crippen molar-refractivity contribution in [3.05, 3.63) is 54.1 Å². The normalized spacial score (nSPS) is 23.4. The zero-order valence-electron chi connectivity index (χ0n) is 9.67. The molecule has 0 aliphatic heterocycles. The maximum absolute atomic E-state index is 4.61. The first-order valence-corrected chi connectivity index (χ1v) is 5.51. The minimum Gasteiger partial charge on any atom is -0.274 e. The number of benzene rings is 1. The summed E-state index contributed by atoms with van der Waals surface area (Å²) in [4.78, 5) is 0. The predicted molar refractivity (Wildman–Crippen MR) is 66.9 cm³/mol. The largest absolute Gasteiger partial charge is 0.274 e. The van der Waals surface area contributed by atoms with Crippen LogP contribution in [0.3, 0.4) is 0 Å². The Kier molecular flexibility index (Phi) is 3.42. The second-order valence-corrected chi connectivity index (χ2v) is 3.97. The monoisotopic (exact) mass is 212 g/mol. The van der Waals surface area contributed by atoms with E-state index in [9.17, 15) is 0 Å². The Morgan fingerprint density at radius 2 is 1.44 bits per heavy atom. The SMILES string of the molecule is C[N]C1C=CC([N]c2ccc(C)cc2)C=C1. The molecule has 2 radical (unpaired) electrons. The van der Waals surface area contributed by atoms with Gasteiger partial charge in [0.05, 0.1) is 17.8 Å². The van der Waals surface area contributed by atoms with Crippen molar-refractivity contribution in [1.82, 2.24) is 10.6 Å². The molecule has 0 saturated heterocycles. The van der Waals surface area contributed by atoms with E-state index in [1.165, 1.54) is 5.56 Å². The molecule has 0 fully saturated rings. The second kappa shape index (κ2) is 4.99. The molecule has 0 unspecified atom stereocenters. The fourth-order valence-electron chi connectivity index (χ4n) is 1.64. The highest BCUT2D eigenvalue weighted by atomic mass is 14.9. The van der Waals surface area contributed by atoms with Crippen LogP contribution in [0.2, 0.25) is 0 Å². The highest BCUT2D eigenvalue weighted by Crippen LogP contribution is 2.13. The lowest BCUT2D eigenvalue weighted by molar-refractivity contribution is 0.729. The molecule has 0 aromatic heterocycles. The molecule has 0 bridgehead atoms. The maximum Gasteiger partial charge on any atom is 0.0869 e. The number of nitrogens with zero attached hydrogens (tertiary/aromatic N) is 2. The number of hydrogen-bond acceptors (Lipinski definition) is 0. The second-order valence-electron chi connectivity index (χ2n) is 3.97. The van der Waals surface area contributed by atoms with Crippen LogP contribution in [-0.2, 0) is 0 Å². The van der Waals surface area contributed by atoms with Crippen LogP contribution in [-0.4, -0.2) is 19.1 Å². The maximum atomic E-state index is 4.61. The Hall–Kier alpha value is -1.54. The molecule has 1 aromatic rings. The standard InChI is InChI=1S/C14H16N2/c1-11-3-5-13(6-4-11)16-14-9-7-12(15-2)8-10-14/h3-10,12,14H,1-2H3. The number of likely N-dealkylation sites (N-methyl/N-ethyl adjacent to an activating group) is 1. The third kappa shape index (κ3) is 2.74. The van der Waals surface area contributed by atoms with Crippen molar-refractivity contribution in [2.75, 3.05) is 7.05 Å². The van der Waals surface area contributed by atoms with Gasteiger partial charge < -0.3 is 0 Å². The van der Waals surface area contributed by atoms with Crippen molar-refractivity contribution in [3.8, 4) is 0 Å². The van der Waals surface area contributed by atoms with Crippen LogP contribution in [0.4, 0.5) is 5.69 Å². The molecule has 0 heterocycles. The zero-order chi connectivity index (χ0) is 11.4. The van der Waals surface area contributed by atoms with Gasteiger partial charge in [0.1, 0.15) is 0 Å². The molecule has 1 aromatic carbocycles. The molecular weight excluding hydrogens is 196 g/mol. The van der Waals surface area contributed by atoms with E-state index in [1.807, 2.05) is 19.2 Å². The van der Waals surface area contributed by atoms with Crippen LogP contribution in [0.15, 0.2) is 48.6 Å². The summed E-state index contributed by atoms with van der Waals surface area (Å²) in [5, 5.41) is 8.80. The summed E-state index contributed by atoms with van der Waals surface area (Å²) in [5.74, 6) is 0. The molecule has 0 N–H and O–H groups in total. The predicted octanol–water partition coefficient (Wildman–Crippen LogP) is 2.33. The third-order valence-corrected chi connectivity index (χ3v) is 2.64. The zero-order valence-corrected chi connectivity index (χ0v) is 9.67. The number of rotatable bonds is 3. The van der Waals surface area contributed by atoms with Crippen LogP contribution in [0.5, 0.6) is 0 Å². The first kappa shape index (κ1) is 11.0.